The summed E-state index contributed by atoms with van der Waals surface area (Å²) in [4.78, 5) is 8.61. The molecule has 1 aromatic carbocycles. The summed E-state index contributed by atoms with van der Waals surface area (Å²) in [5.74, 6) is -0.464. The highest BCUT2D eigenvalue weighted by Gasteiger charge is 2.29. The average molecular weight is 563 g/mol. The smallest absolute Gasteiger partial charge is 0.295 e. The number of benzene rings is 1. The van der Waals surface area contributed by atoms with E-state index >= 15 is 0 Å². The molecule has 0 radical (unpaired) electrons. The standard InChI is InChI=1S/C25H25ClF2N6O3S/c1-13-16(12-29-34(13)15-6-7-15)14-5-8-17(19(10-14)38(35)36)30-18-11-20(26)31-24-22(18)32-25(23(27)28)33(24)21-4-2-3-9-37-21/h5,8,10-12,15,21,23H,2-4,6-7,9H2,1H3,(H,30,31)(H,35,36). The topological polar surface area (TPSA) is 107 Å². The molecule has 200 valence electrons. The number of pyridine rings is 1. The van der Waals surface area contributed by atoms with E-state index in [0.29, 0.717) is 24.8 Å². The molecule has 0 spiro atoms. The molecule has 3 aromatic heterocycles. The molecule has 38 heavy (non-hydrogen) atoms. The Bertz CT molecular complexity index is 1550. The third-order valence-corrected chi connectivity index (χ3v) is 7.88. The first-order valence-corrected chi connectivity index (χ1v) is 13.8. The van der Waals surface area contributed by atoms with Gasteiger partial charge in [0.2, 0.25) is 0 Å². The number of alkyl halides is 2. The van der Waals surface area contributed by atoms with Gasteiger partial charge in [-0.15, -0.1) is 0 Å². The van der Waals surface area contributed by atoms with Crippen LogP contribution in [-0.4, -0.2) is 39.7 Å². The molecule has 13 heteroatoms. The van der Waals surface area contributed by atoms with Gasteiger partial charge < -0.3 is 14.6 Å². The van der Waals surface area contributed by atoms with Gasteiger partial charge in [-0.1, -0.05) is 17.7 Å². The monoisotopic (exact) mass is 562 g/mol. The number of nitrogens with zero attached hydrogens (tertiary/aromatic N) is 5. The van der Waals surface area contributed by atoms with Crippen molar-refractivity contribution in [2.24, 2.45) is 0 Å². The lowest BCUT2D eigenvalue weighted by molar-refractivity contribution is -0.0363. The highest BCUT2D eigenvalue weighted by molar-refractivity contribution is 7.79. The van der Waals surface area contributed by atoms with Crippen molar-refractivity contribution in [2.45, 2.75) is 62.6 Å². The minimum atomic E-state index is -2.86. The molecular weight excluding hydrogens is 538 g/mol. The van der Waals surface area contributed by atoms with E-state index in [4.69, 9.17) is 16.3 Å². The van der Waals surface area contributed by atoms with Gasteiger partial charge in [0.05, 0.1) is 28.5 Å². The molecule has 0 amide bonds. The minimum Gasteiger partial charge on any atom is -0.358 e. The number of nitrogens with one attached hydrogen (secondary N) is 1. The summed E-state index contributed by atoms with van der Waals surface area (Å²) in [6, 6.07) is 6.98. The van der Waals surface area contributed by atoms with Gasteiger partial charge in [-0.25, -0.2) is 23.0 Å². The van der Waals surface area contributed by atoms with E-state index in [2.05, 4.69) is 20.4 Å². The van der Waals surface area contributed by atoms with Crippen LogP contribution < -0.4 is 5.32 Å². The van der Waals surface area contributed by atoms with Gasteiger partial charge >= 0.3 is 0 Å². The van der Waals surface area contributed by atoms with Crippen LogP contribution in [0, 0.1) is 6.92 Å². The average Bonchev–Trinajstić information content (AvgIpc) is 3.55. The molecule has 6 rings (SSSR count). The third-order valence-electron chi connectivity index (χ3n) is 6.97. The fourth-order valence-corrected chi connectivity index (χ4v) is 5.71. The second-order valence-electron chi connectivity index (χ2n) is 9.53. The SMILES string of the molecule is Cc1c(-c2ccc(Nc3cc(Cl)nc4c3nc(C(F)F)n4C3CCCCO3)c(S(=O)O)c2)cnn1C1CC1. The highest BCUT2D eigenvalue weighted by Crippen LogP contribution is 2.40. The fraction of sp³-hybridized carbons (Fsp3) is 0.400. The Morgan fingerprint density at radius 1 is 1.18 bits per heavy atom. The molecule has 2 atom stereocenters. The van der Waals surface area contributed by atoms with Gasteiger partial charge in [0, 0.05) is 23.9 Å². The molecule has 1 saturated heterocycles. The fourth-order valence-electron chi connectivity index (χ4n) is 4.99. The van der Waals surface area contributed by atoms with Crippen molar-refractivity contribution < 1.29 is 22.3 Å². The van der Waals surface area contributed by atoms with Crippen LogP contribution in [0.15, 0.2) is 35.4 Å². The molecule has 1 saturated carbocycles. The van der Waals surface area contributed by atoms with Crippen molar-refractivity contribution in [2.75, 3.05) is 11.9 Å². The molecule has 2 unspecified atom stereocenters. The molecule has 2 fully saturated rings. The Hall–Kier alpha value is -2.93. The molecular formula is C25H25ClF2N6O3S. The summed E-state index contributed by atoms with van der Waals surface area (Å²) in [6.45, 7) is 2.43. The van der Waals surface area contributed by atoms with E-state index < -0.39 is 29.6 Å². The molecule has 1 aliphatic heterocycles. The third kappa shape index (κ3) is 4.59. The van der Waals surface area contributed by atoms with Crippen LogP contribution in [0.4, 0.5) is 20.2 Å². The number of aromatic nitrogens is 5. The van der Waals surface area contributed by atoms with E-state index in [1.807, 2.05) is 17.7 Å². The van der Waals surface area contributed by atoms with Crippen LogP contribution in [-0.2, 0) is 15.8 Å². The van der Waals surface area contributed by atoms with E-state index in [0.717, 1.165) is 42.5 Å². The van der Waals surface area contributed by atoms with Crippen LogP contribution in [0.5, 0.6) is 0 Å². The summed E-state index contributed by atoms with van der Waals surface area (Å²) < 4.78 is 59.6. The number of rotatable bonds is 7. The lowest BCUT2D eigenvalue weighted by atomic mass is 10.1. The van der Waals surface area contributed by atoms with Crippen LogP contribution >= 0.6 is 11.6 Å². The van der Waals surface area contributed by atoms with E-state index in [1.54, 1.807) is 18.3 Å². The van der Waals surface area contributed by atoms with Gasteiger partial charge in [-0.3, -0.25) is 9.25 Å². The largest absolute Gasteiger partial charge is 0.358 e. The van der Waals surface area contributed by atoms with Crippen LogP contribution in [0.25, 0.3) is 22.3 Å². The molecule has 1 aliphatic carbocycles. The van der Waals surface area contributed by atoms with Gasteiger partial charge in [0.25, 0.3) is 6.43 Å². The Morgan fingerprint density at radius 2 is 2.00 bits per heavy atom. The molecule has 4 aromatic rings. The van der Waals surface area contributed by atoms with Crippen LogP contribution in [0.2, 0.25) is 5.15 Å². The first-order valence-electron chi connectivity index (χ1n) is 12.4. The lowest BCUT2D eigenvalue weighted by Crippen LogP contribution is -2.20. The summed E-state index contributed by atoms with van der Waals surface area (Å²) in [5.41, 5.74) is 3.53. The Morgan fingerprint density at radius 3 is 2.68 bits per heavy atom. The van der Waals surface area contributed by atoms with Crippen molar-refractivity contribution in [3.8, 4) is 11.1 Å². The highest BCUT2D eigenvalue weighted by atomic mass is 35.5. The quantitative estimate of drug-likeness (QED) is 0.194. The number of hydrogen-bond donors (Lipinski definition) is 2. The summed E-state index contributed by atoms with van der Waals surface area (Å²) >= 11 is 3.96. The zero-order valence-electron chi connectivity index (χ0n) is 20.4. The number of hydrogen-bond acceptors (Lipinski definition) is 6. The Labute approximate surface area is 224 Å². The van der Waals surface area contributed by atoms with Crippen molar-refractivity contribution in [1.82, 2.24) is 24.3 Å². The second-order valence-corrected chi connectivity index (χ2v) is 10.9. The van der Waals surface area contributed by atoms with Crippen molar-refractivity contribution in [3.63, 3.8) is 0 Å². The zero-order chi connectivity index (χ0) is 26.6. The number of ether oxygens (including phenoxy) is 1. The van der Waals surface area contributed by atoms with Gasteiger partial charge in [0.1, 0.15) is 16.9 Å². The first-order chi connectivity index (χ1) is 18.3. The number of anilines is 2. The summed E-state index contributed by atoms with van der Waals surface area (Å²) in [6.07, 6.45) is 2.69. The maximum atomic E-state index is 14.0. The maximum absolute atomic E-state index is 14.0. The Balaban J connectivity index is 1.42. The van der Waals surface area contributed by atoms with E-state index in [1.165, 1.54) is 10.6 Å². The summed E-state index contributed by atoms with van der Waals surface area (Å²) in [7, 11) is 0. The van der Waals surface area contributed by atoms with Crippen molar-refractivity contribution >= 4 is 45.2 Å². The molecule has 0 bridgehead atoms. The second kappa shape index (κ2) is 9.99. The Kier molecular flexibility index (Phi) is 6.67. The van der Waals surface area contributed by atoms with E-state index in [9.17, 15) is 17.5 Å². The van der Waals surface area contributed by atoms with Gasteiger partial charge in [-0.05, 0) is 56.7 Å². The number of imidazole rings is 1. The first kappa shape index (κ1) is 25.4. The molecule has 4 heterocycles. The van der Waals surface area contributed by atoms with Crippen LogP contribution in [0.1, 0.15) is 62.3 Å². The minimum absolute atomic E-state index is 0.0594. The van der Waals surface area contributed by atoms with Crippen molar-refractivity contribution in [3.05, 3.63) is 47.1 Å². The normalized spacial score (nSPS) is 18.8. The number of halogens is 3. The van der Waals surface area contributed by atoms with Gasteiger partial charge in [-0.2, -0.15) is 5.10 Å². The predicted molar refractivity (Wildman–Crippen MR) is 139 cm³/mol. The van der Waals surface area contributed by atoms with E-state index in [-0.39, 0.29) is 26.9 Å². The predicted octanol–water partition coefficient (Wildman–Crippen LogP) is 6.55. The molecule has 9 nitrogen and oxygen atoms in total. The molecule has 2 N–H and O–H groups in total. The van der Waals surface area contributed by atoms with Crippen LogP contribution in [0.3, 0.4) is 0 Å². The zero-order valence-corrected chi connectivity index (χ0v) is 22.0. The number of fused-ring (bicyclic) bond motifs is 1. The lowest BCUT2D eigenvalue weighted by Gasteiger charge is -2.25. The maximum Gasteiger partial charge on any atom is 0.295 e. The summed E-state index contributed by atoms with van der Waals surface area (Å²) in [5, 5.41) is 7.63. The molecule has 2 aliphatic rings. The van der Waals surface area contributed by atoms with Crippen molar-refractivity contribution in [1.29, 1.82) is 0 Å². The van der Waals surface area contributed by atoms with Gasteiger partial charge in [0.15, 0.2) is 22.6 Å².